The van der Waals surface area contributed by atoms with Crippen LogP contribution in [-0.4, -0.2) is 36.9 Å². The molecule has 2 aliphatic rings. The minimum absolute atomic E-state index is 0.262. The molecule has 3 rings (SSSR count). The molecule has 0 amide bonds. The number of benzene rings is 1. The Morgan fingerprint density at radius 2 is 2.24 bits per heavy atom. The quantitative estimate of drug-likeness (QED) is 0.906. The molecule has 1 saturated heterocycles. The standard InChI is InChI=1S/C16H23ClN2O2/c1-11(2)19(9-13-4-3-5-18-13)8-12-6-14(17)16-15(7-12)20-10-21-16/h6-7,11,13,18H,3-5,8-10H2,1-2H3. The summed E-state index contributed by atoms with van der Waals surface area (Å²) in [4.78, 5) is 2.48. The van der Waals surface area contributed by atoms with Crippen molar-refractivity contribution in [3.8, 4) is 11.5 Å². The van der Waals surface area contributed by atoms with Crippen molar-refractivity contribution in [3.63, 3.8) is 0 Å². The molecule has 2 aliphatic heterocycles. The second kappa shape index (κ2) is 6.42. The van der Waals surface area contributed by atoms with Crippen LogP contribution in [0.4, 0.5) is 0 Å². The molecule has 0 spiro atoms. The van der Waals surface area contributed by atoms with Crippen LogP contribution in [0.2, 0.25) is 5.02 Å². The van der Waals surface area contributed by atoms with Crippen molar-refractivity contribution >= 4 is 11.6 Å². The maximum absolute atomic E-state index is 6.27. The normalized spacial score (nSPS) is 20.7. The molecule has 0 aliphatic carbocycles. The van der Waals surface area contributed by atoms with Crippen LogP contribution < -0.4 is 14.8 Å². The molecule has 5 heteroatoms. The molecule has 21 heavy (non-hydrogen) atoms. The lowest BCUT2D eigenvalue weighted by Crippen LogP contribution is -2.40. The van der Waals surface area contributed by atoms with Gasteiger partial charge >= 0.3 is 0 Å². The van der Waals surface area contributed by atoms with Crippen molar-refractivity contribution in [2.45, 2.75) is 45.3 Å². The van der Waals surface area contributed by atoms with Gasteiger partial charge in [-0.3, -0.25) is 4.90 Å². The summed E-state index contributed by atoms with van der Waals surface area (Å²) in [6.45, 7) is 7.84. The largest absolute Gasteiger partial charge is 0.454 e. The second-order valence-corrected chi connectivity index (χ2v) is 6.54. The number of rotatable bonds is 5. The molecule has 1 fully saturated rings. The predicted octanol–water partition coefficient (Wildman–Crippen LogP) is 3.03. The lowest BCUT2D eigenvalue weighted by molar-refractivity contribution is 0.173. The number of halogens is 1. The molecule has 1 N–H and O–H groups in total. The third-order valence-corrected chi connectivity index (χ3v) is 4.50. The van der Waals surface area contributed by atoms with Crippen LogP contribution in [0.3, 0.4) is 0 Å². The first-order valence-electron chi connectivity index (χ1n) is 7.69. The van der Waals surface area contributed by atoms with Crippen LogP contribution in [0.25, 0.3) is 0 Å². The summed E-state index contributed by atoms with van der Waals surface area (Å²) in [6, 6.07) is 5.14. The van der Waals surface area contributed by atoms with Gasteiger partial charge in [-0.2, -0.15) is 0 Å². The summed E-state index contributed by atoms with van der Waals surface area (Å²) in [6.07, 6.45) is 2.55. The first kappa shape index (κ1) is 14.9. The van der Waals surface area contributed by atoms with Gasteiger partial charge in [-0.15, -0.1) is 0 Å². The maximum atomic E-state index is 6.27. The Bertz CT molecular complexity index is 501. The van der Waals surface area contributed by atoms with Gasteiger partial charge in [0, 0.05) is 25.2 Å². The van der Waals surface area contributed by atoms with E-state index in [4.69, 9.17) is 21.1 Å². The third-order valence-electron chi connectivity index (χ3n) is 4.22. The van der Waals surface area contributed by atoms with Gasteiger partial charge < -0.3 is 14.8 Å². The molecule has 116 valence electrons. The molecule has 1 atom stereocenters. The van der Waals surface area contributed by atoms with Crippen molar-refractivity contribution in [1.82, 2.24) is 10.2 Å². The monoisotopic (exact) mass is 310 g/mol. The van der Waals surface area contributed by atoms with Gasteiger partial charge in [-0.25, -0.2) is 0 Å². The van der Waals surface area contributed by atoms with Gasteiger partial charge in [0.1, 0.15) is 0 Å². The van der Waals surface area contributed by atoms with E-state index in [0.29, 0.717) is 22.9 Å². The molecule has 0 radical (unpaired) electrons. The van der Waals surface area contributed by atoms with E-state index in [0.717, 1.165) is 25.4 Å². The maximum Gasteiger partial charge on any atom is 0.231 e. The highest BCUT2D eigenvalue weighted by atomic mass is 35.5. The highest BCUT2D eigenvalue weighted by Gasteiger charge is 2.22. The van der Waals surface area contributed by atoms with Crippen LogP contribution in [0.15, 0.2) is 12.1 Å². The minimum Gasteiger partial charge on any atom is -0.454 e. The summed E-state index contributed by atoms with van der Waals surface area (Å²) < 4.78 is 10.8. The van der Waals surface area contributed by atoms with Crippen LogP contribution in [0.5, 0.6) is 11.5 Å². The Hall–Kier alpha value is -0.970. The number of nitrogens with zero attached hydrogens (tertiary/aromatic N) is 1. The minimum atomic E-state index is 0.262. The van der Waals surface area contributed by atoms with Crippen molar-refractivity contribution in [1.29, 1.82) is 0 Å². The molecule has 1 aromatic rings. The zero-order valence-corrected chi connectivity index (χ0v) is 13.4. The molecule has 1 unspecified atom stereocenters. The lowest BCUT2D eigenvalue weighted by atomic mass is 10.1. The van der Waals surface area contributed by atoms with Crippen molar-refractivity contribution in [2.75, 3.05) is 19.9 Å². The van der Waals surface area contributed by atoms with Crippen LogP contribution in [-0.2, 0) is 6.54 Å². The van der Waals surface area contributed by atoms with E-state index in [1.807, 2.05) is 12.1 Å². The van der Waals surface area contributed by atoms with E-state index in [2.05, 4.69) is 24.1 Å². The van der Waals surface area contributed by atoms with Crippen LogP contribution in [0.1, 0.15) is 32.3 Å². The number of nitrogens with one attached hydrogen (secondary N) is 1. The Balaban J connectivity index is 1.71. The smallest absolute Gasteiger partial charge is 0.231 e. The van der Waals surface area contributed by atoms with Crippen molar-refractivity contribution in [3.05, 3.63) is 22.7 Å². The molecule has 2 heterocycles. The van der Waals surface area contributed by atoms with E-state index in [1.165, 1.54) is 18.4 Å². The number of ether oxygens (including phenoxy) is 2. The van der Waals surface area contributed by atoms with E-state index in [-0.39, 0.29) is 6.79 Å². The van der Waals surface area contributed by atoms with E-state index in [9.17, 15) is 0 Å². The average Bonchev–Trinajstić information content (AvgIpc) is 3.08. The third kappa shape index (κ3) is 3.44. The Kier molecular flexibility index (Phi) is 4.57. The lowest BCUT2D eigenvalue weighted by Gasteiger charge is -2.29. The Morgan fingerprint density at radius 1 is 1.38 bits per heavy atom. The zero-order chi connectivity index (χ0) is 14.8. The number of fused-ring (bicyclic) bond motifs is 1. The van der Waals surface area contributed by atoms with Gasteiger partial charge in [0.05, 0.1) is 5.02 Å². The van der Waals surface area contributed by atoms with Crippen molar-refractivity contribution in [2.24, 2.45) is 0 Å². The van der Waals surface area contributed by atoms with Gasteiger partial charge in [-0.1, -0.05) is 11.6 Å². The second-order valence-electron chi connectivity index (χ2n) is 6.13. The summed E-state index contributed by atoms with van der Waals surface area (Å²) in [7, 11) is 0. The molecular weight excluding hydrogens is 288 g/mol. The van der Waals surface area contributed by atoms with Crippen LogP contribution in [0, 0.1) is 0 Å². The molecular formula is C16H23ClN2O2. The fourth-order valence-electron chi connectivity index (χ4n) is 3.00. The van der Waals surface area contributed by atoms with Gasteiger partial charge in [0.15, 0.2) is 11.5 Å². The number of hydrogen-bond acceptors (Lipinski definition) is 4. The van der Waals surface area contributed by atoms with Gasteiger partial charge in [0.25, 0.3) is 0 Å². The van der Waals surface area contributed by atoms with E-state index in [1.54, 1.807) is 0 Å². The van der Waals surface area contributed by atoms with Gasteiger partial charge in [0.2, 0.25) is 6.79 Å². The predicted molar refractivity (Wildman–Crippen MR) is 84.1 cm³/mol. The number of hydrogen-bond donors (Lipinski definition) is 1. The highest BCUT2D eigenvalue weighted by Crippen LogP contribution is 2.40. The summed E-state index contributed by atoms with van der Waals surface area (Å²) >= 11 is 6.27. The Labute approximate surface area is 131 Å². The fraction of sp³-hybridized carbons (Fsp3) is 0.625. The van der Waals surface area contributed by atoms with Crippen molar-refractivity contribution < 1.29 is 9.47 Å². The Morgan fingerprint density at radius 3 is 2.95 bits per heavy atom. The molecule has 4 nitrogen and oxygen atoms in total. The molecule has 0 saturated carbocycles. The topological polar surface area (TPSA) is 33.7 Å². The summed E-state index contributed by atoms with van der Waals surface area (Å²) in [5.41, 5.74) is 1.18. The first-order chi connectivity index (χ1) is 10.1. The van der Waals surface area contributed by atoms with E-state index < -0.39 is 0 Å². The molecule has 0 bridgehead atoms. The highest BCUT2D eigenvalue weighted by molar-refractivity contribution is 6.32. The molecule has 1 aromatic carbocycles. The SMILES string of the molecule is CC(C)N(Cc1cc(Cl)c2c(c1)OCO2)CC1CCCN1. The van der Waals surface area contributed by atoms with Crippen LogP contribution >= 0.6 is 11.6 Å². The van der Waals surface area contributed by atoms with Gasteiger partial charge in [-0.05, 0) is 50.9 Å². The average molecular weight is 311 g/mol. The zero-order valence-electron chi connectivity index (χ0n) is 12.7. The molecule has 0 aromatic heterocycles. The summed E-state index contributed by atoms with van der Waals surface area (Å²) in [5.74, 6) is 1.44. The summed E-state index contributed by atoms with van der Waals surface area (Å²) in [5, 5.41) is 4.21. The first-order valence-corrected chi connectivity index (χ1v) is 8.06. The fourth-order valence-corrected chi connectivity index (χ4v) is 3.29. The van der Waals surface area contributed by atoms with E-state index >= 15 is 0 Å².